The third-order valence-electron chi connectivity index (χ3n) is 6.12. The van der Waals surface area contributed by atoms with Crippen LogP contribution in [0.4, 0.5) is 8.78 Å². The molecule has 2 aliphatic rings. The zero-order valence-corrected chi connectivity index (χ0v) is 17.4. The average Bonchev–Trinajstić information content (AvgIpc) is 2.78. The second kappa shape index (κ2) is 9.56. The summed E-state index contributed by atoms with van der Waals surface area (Å²) in [5.41, 5.74) is 2.32. The van der Waals surface area contributed by atoms with Crippen LogP contribution in [0.2, 0.25) is 0 Å². The van der Waals surface area contributed by atoms with Crippen LogP contribution in [0.3, 0.4) is 0 Å². The lowest BCUT2D eigenvalue weighted by Crippen LogP contribution is -2.50. The Morgan fingerprint density at radius 3 is 2.55 bits per heavy atom. The number of rotatable bonds is 5. The summed E-state index contributed by atoms with van der Waals surface area (Å²) >= 11 is 0. The maximum Gasteiger partial charge on any atom is 0.244 e. The van der Waals surface area contributed by atoms with E-state index in [0.717, 1.165) is 56.0 Å². The van der Waals surface area contributed by atoms with Crippen LogP contribution in [0.1, 0.15) is 42.0 Å². The second-order valence-electron chi connectivity index (χ2n) is 8.22. The van der Waals surface area contributed by atoms with Crippen molar-refractivity contribution in [1.82, 2.24) is 15.1 Å². The summed E-state index contributed by atoms with van der Waals surface area (Å²) in [6.07, 6.45) is 3.91. The van der Waals surface area contributed by atoms with Gasteiger partial charge in [0.15, 0.2) is 0 Å². The summed E-state index contributed by atoms with van der Waals surface area (Å²) in [5, 5.41) is 2.70. The smallest absolute Gasteiger partial charge is 0.244 e. The molecule has 2 heterocycles. The van der Waals surface area contributed by atoms with Gasteiger partial charge in [-0.25, -0.2) is 8.78 Å². The third kappa shape index (κ3) is 4.93. The third-order valence-corrected chi connectivity index (χ3v) is 6.12. The number of benzene rings is 2. The molecular weight excluding hydrogens is 400 g/mol. The number of nitrogens with one attached hydrogen (secondary N) is 1. The number of halogens is 2. The molecule has 2 aromatic carbocycles. The van der Waals surface area contributed by atoms with Crippen LogP contribution in [0, 0.1) is 11.6 Å². The standard InChI is InChI=1S/C24H27F2N3O2/c25-19-9-8-18(21(26)14-19)15-27-22(30)16-29-13-10-17-6-2-3-7-20(17)23(29)24(31)28-11-4-1-5-12-28/h2-3,6-9,14,23H,1,4-5,10-13,15-16H2,(H,27,30). The molecule has 1 unspecified atom stereocenters. The van der Waals surface area contributed by atoms with Crippen LogP contribution in [-0.4, -0.2) is 47.8 Å². The van der Waals surface area contributed by atoms with Gasteiger partial charge in [0.25, 0.3) is 0 Å². The molecular formula is C24H27F2N3O2. The number of hydrogen-bond donors (Lipinski definition) is 1. The number of amides is 2. The number of carbonyl (C=O) groups excluding carboxylic acids is 2. The first kappa shape index (κ1) is 21.4. The van der Waals surface area contributed by atoms with E-state index in [4.69, 9.17) is 0 Å². The lowest BCUT2D eigenvalue weighted by molar-refractivity contribution is -0.139. The number of hydrogen-bond acceptors (Lipinski definition) is 3. The largest absolute Gasteiger partial charge is 0.351 e. The van der Waals surface area contributed by atoms with Crippen molar-refractivity contribution in [2.75, 3.05) is 26.2 Å². The van der Waals surface area contributed by atoms with Crippen molar-refractivity contribution in [3.63, 3.8) is 0 Å². The Kier molecular flexibility index (Phi) is 6.61. The maximum absolute atomic E-state index is 13.8. The molecule has 2 aliphatic heterocycles. The van der Waals surface area contributed by atoms with Gasteiger partial charge in [0.05, 0.1) is 6.54 Å². The molecule has 164 valence electrons. The predicted molar refractivity (Wildman–Crippen MR) is 113 cm³/mol. The van der Waals surface area contributed by atoms with Gasteiger partial charge in [0.2, 0.25) is 11.8 Å². The molecule has 0 bridgehead atoms. The highest BCUT2D eigenvalue weighted by molar-refractivity contribution is 5.85. The molecule has 31 heavy (non-hydrogen) atoms. The molecule has 4 rings (SSSR count). The lowest BCUT2D eigenvalue weighted by Gasteiger charge is -2.39. The second-order valence-corrected chi connectivity index (χ2v) is 8.22. The molecule has 5 nitrogen and oxygen atoms in total. The molecule has 0 aliphatic carbocycles. The van der Waals surface area contributed by atoms with Gasteiger partial charge in [-0.05, 0) is 42.9 Å². The zero-order chi connectivity index (χ0) is 21.8. The predicted octanol–water partition coefficient (Wildman–Crippen LogP) is 3.19. The summed E-state index contributed by atoms with van der Waals surface area (Å²) < 4.78 is 26.9. The number of likely N-dealkylation sites (tertiary alicyclic amines) is 1. The van der Waals surface area contributed by atoms with Gasteiger partial charge in [-0.1, -0.05) is 30.3 Å². The Bertz CT molecular complexity index is 960. The molecule has 7 heteroatoms. The summed E-state index contributed by atoms with van der Waals surface area (Å²) in [6, 6.07) is 10.7. The zero-order valence-electron chi connectivity index (χ0n) is 17.4. The summed E-state index contributed by atoms with van der Waals surface area (Å²) in [4.78, 5) is 29.9. The highest BCUT2D eigenvalue weighted by atomic mass is 19.1. The monoisotopic (exact) mass is 427 g/mol. The Labute approximate surface area is 181 Å². The fourth-order valence-electron chi connectivity index (χ4n) is 4.46. The average molecular weight is 427 g/mol. The highest BCUT2D eigenvalue weighted by Crippen LogP contribution is 2.32. The minimum Gasteiger partial charge on any atom is -0.351 e. The van der Waals surface area contributed by atoms with Gasteiger partial charge in [-0.2, -0.15) is 0 Å². The molecule has 1 N–H and O–H groups in total. The van der Waals surface area contributed by atoms with E-state index in [-0.39, 0.29) is 30.5 Å². The number of fused-ring (bicyclic) bond motifs is 1. The Morgan fingerprint density at radius 2 is 1.77 bits per heavy atom. The van der Waals surface area contributed by atoms with E-state index < -0.39 is 17.7 Å². The van der Waals surface area contributed by atoms with E-state index in [0.29, 0.717) is 6.54 Å². The van der Waals surface area contributed by atoms with Crippen molar-refractivity contribution < 1.29 is 18.4 Å². The molecule has 0 saturated carbocycles. The first-order chi connectivity index (χ1) is 15.0. The Morgan fingerprint density at radius 1 is 1.00 bits per heavy atom. The molecule has 1 saturated heterocycles. The fraction of sp³-hybridized carbons (Fsp3) is 0.417. The minimum absolute atomic E-state index is 0.0277. The summed E-state index contributed by atoms with van der Waals surface area (Å²) in [6.45, 7) is 2.11. The van der Waals surface area contributed by atoms with Crippen molar-refractivity contribution in [3.8, 4) is 0 Å². The molecule has 0 radical (unpaired) electrons. The van der Waals surface area contributed by atoms with Crippen LogP contribution in [0.25, 0.3) is 0 Å². The lowest BCUT2D eigenvalue weighted by atomic mass is 9.91. The topological polar surface area (TPSA) is 52.7 Å². The van der Waals surface area contributed by atoms with E-state index >= 15 is 0 Å². The van der Waals surface area contributed by atoms with Crippen LogP contribution in [0.15, 0.2) is 42.5 Å². The number of carbonyl (C=O) groups is 2. The minimum atomic E-state index is -0.689. The SMILES string of the molecule is O=C(CN1CCc2ccccc2C1C(=O)N1CCCCC1)NCc1ccc(F)cc1F. The van der Waals surface area contributed by atoms with Gasteiger partial charge in [-0.15, -0.1) is 0 Å². The van der Waals surface area contributed by atoms with Crippen molar-refractivity contribution >= 4 is 11.8 Å². The van der Waals surface area contributed by atoms with Crippen LogP contribution >= 0.6 is 0 Å². The van der Waals surface area contributed by atoms with Gasteiger partial charge in [0, 0.05) is 37.8 Å². The first-order valence-corrected chi connectivity index (χ1v) is 10.8. The van der Waals surface area contributed by atoms with E-state index in [1.165, 1.54) is 12.1 Å². The van der Waals surface area contributed by atoms with Gasteiger partial charge in [0.1, 0.15) is 17.7 Å². The summed E-state index contributed by atoms with van der Waals surface area (Å²) in [5.74, 6) is -1.59. The fourth-order valence-corrected chi connectivity index (χ4v) is 4.46. The van der Waals surface area contributed by atoms with Crippen LogP contribution in [-0.2, 0) is 22.6 Å². The summed E-state index contributed by atoms with van der Waals surface area (Å²) in [7, 11) is 0. The number of nitrogens with zero attached hydrogens (tertiary/aromatic N) is 2. The van der Waals surface area contributed by atoms with Crippen LogP contribution < -0.4 is 5.32 Å². The van der Waals surface area contributed by atoms with Crippen molar-refractivity contribution in [1.29, 1.82) is 0 Å². The Hall–Kier alpha value is -2.80. The highest BCUT2D eigenvalue weighted by Gasteiger charge is 2.36. The molecule has 0 spiro atoms. The molecule has 2 aromatic rings. The first-order valence-electron chi connectivity index (χ1n) is 10.8. The molecule has 2 amide bonds. The van der Waals surface area contributed by atoms with Gasteiger partial charge in [-0.3, -0.25) is 14.5 Å². The molecule has 0 aromatic heterocycles. The van der Waals surface area contributed by atoms with Gasteiger partial charge < -0.3 is 10.2 Å². The molecule has 1 fully saturated rings. The normalized spacial score (nSPS) is 19.0. The van der Waals surface area contributed by atoms with Crippen molar-refractivity contribution in [3.05, 3.63) is 70.8 Å². The number of piperidine rings is 1. The maximum atomic E-state index is 13.8. The van der Waals surface area contributed by atoms with Gasteiger partial charge >= 0.3 is 0 Å². The quantitative estimate of drug-likeness (QED) is 0.798. The van der Waals surface area contributed by atoms with E-state index in [1.807, 2.05) is 34.1 Å². The van der Waals surface area contributed by atoms with E-state index in [9.17, 15) is 18.4 Å². The Balaban J connectivity index is 1.47. The van der Waals surface area contributed by atoms with Crippen molar-refractivity contribution in [2.45, 2.75) is 38.3 Å². The van der Waals surface area contributed by atoms with E-state index in [1.54, 1.807) is 0 Å². The van der Waals surface area contributed by atoms with Crippen LogP contribution in [0.5, 0.6) is 0 Å². The van der Waals surface area contributed by atoms with Crippen molar-refractivity contribution in [2.24, 2.45) is 0 Å². The van der Waals surface area contributed by atoms with E-state index in [2.05, 4.69) is 5.32 Å². The molecule has 1 atom stereocenters.